The molecule has 0 aliphatic heterocycles. The smallest absolute Gasteiger partial charge is 0.434 e. The quantitative estimate of drug-likeness (QED) is 0.421. The van der Waals surface area contributed by atoms with Gasteiger partial charge in [0.15, 0.2) is 0 Å². The van der Waals surface area contributed by atoms with E-state index in [1.807, 2.05) is 0 Å². The summed E-state index contributed by atoms with van der Waals surface area (Å²) in [5.41, 5.74) is -2.16. The number of amides is 1. The zero-order chi connectivity index (χ0) is 24.9. The third-order valence-corrected chi connectivity index (χ3v) is 3.88. The van der Waals surface area contributed by atoms with Gasteiger partial charge < -0.3 is 20.1 Å². The van der Waals surface area contributed by atoms with Crippen LogP contribution in [0.2, 0.25) is 0 Å². The molecule has 0 saturated heterocycles. The number of carbonyl (C=O) groups is 2. The van der Waals surface area contributed by atoms with Gasteiger partial charge >= 0.3 is 30.6 Å². The van der Waals surface area contributed by atoms with Crippen molar-refractivity contribution >= 4 is 12.1 Å². The monoisotopic (exact) mass is 484 g/mol. The number of carbonyl (C=O) groups excluding carboxylic acids is 1. The lowest BCUT2D eigenvalue weighted by Crippen LogP contribution is -2.47. The van der Waals surface area contributed by atoms with Crippen LogP contribution in [-0.2, 0) is 17.5 Å². The lowest BCUT2D eigenvalue weighted by Gasteiger charge is -2.23. The third-order valence-electron chi connectivity index (χ3n) is 3.88. The van der Waals surface area contributed by atoms with Crippen molar-refractivity contribution in [2.24, 2.45) is 0 Å². The molecule has 0 unspecified atom stereocenters. The van der Waals surface area contributed by atoms with E-state index < -0.39 is 47.8 Å². The third kappa shape index (κ3) is 8.43. The highest BCUT2D eigenvalue weighted by molar-refractivity contribution is 5.89. The van der Waals surface area contributed by atoms with Crippen molar-refractivity contribution < 1.29 is 58.9 Å². The second-order valence-electron chi connectivity index (χ2n) is 6.57. The van der Waals surface area contributed by atoms with E-state index >= 15 is 0 Å². The van der Waals surface area contributed by atoms with Gasteiger partial charge in [-0.3, -0.25) is 0 Å². The summed E-state index contributed by atoms with van der Waals surface area (Å²) < 4.78 is 116. The molecule has 0 radical (unpaired) electrons. The second kappa shape index (κ2) is 10.3. The number of carboxylic acid groups (broad SMARTS) is 1. The van der Waals surface area contributed by atoms with Crippen molar-refractivity contribution in [3.05, 3.63) is 34.9 Å². The highest BCUT2D eigenvalue weighted by Crippen LogP contribution is 2.36. The molecule has 182 valence electrons. The van der Waals surface area contributed by atoms with Crippen LogP contribution >= 0.6 is 0 Å². The zero-order valence-corrected chi connectivity index (χ0v) is 16.2. The maximum Gasteiger partial charge on any atom is 0.434 e. The molecule has 1 aromatic carbocycles. The van der Waals surface area contributed by atoms with Gasteiger partial charge in [0.2, 0.25) is 0 Å². The molecule has 0 aromatic heterocycles. The number of hydrogen-bond donors (Lipinski definition) is 2. The summed E-state index contributed by atoms with van der Waals surface area (Å²) in [5, 5.41) is 10.6. The normalized spacial score (nSPS) is 12.9. The topological polar surface area (TPSA) is 78.9 Å². The van der Waals surface area contributed by atoms with Crippen molar-refractivity contribution in [1.29, 1.82) is 0 Å². The molecule has 0 heterocycles. The zero-order valence-electron chi connectivity index (χ0n) is 16.2. The molecule has 1 amide bonds. The molecular formula is C17H17F9N2O4. The number of alkyl carbamates (subject to hydrolysis) is 1. The number of carboxylic acids is 1. The SMILES string of the molecule is CN(CCCNC(=O)OC(C(F)(F)F)C(F)(F)F)Cc1ccc(C(=O)O)c(C(F)(F)F)c1. The van der Waals surface area contributed by atoms with Gasteiger partial charge in [-0.05, 0) is 37.7 Å². The van der Waals surface area contributed by atoms with Crippen LogP contribution in [0.4, 0.5) is 44.3 Å². The van der Waals surface area contributed by atoms with Gasteiger partial charge in [0.25, 0.3) is 6.10 Å². The fraction of sp³-hybridized carbons (Fsp3) is 0.529. The summed E-state index contributed by atoms with van der Waals surface area (Å²) in [4.78, 5) is 23.6. The van der Waals surface area contributed by atoms with Gasteiger partial charge in [-0.25, -0.2) is 9.59 Å². The first-order valence-corrected chi connectivity index (χ1v) is 8.62. The van der Waals surface area contributed by atoms with Crippen LogP contribution in [0.15, 0.2) is 18.2 Å². The molecule has 0 aliphatic rings. The van der Waals surface area contributed by atoms with E-state index in [1.165, 1.54) is 18.0 Å². The van der Waals surface area contributed by atoms with E-state index in [0.717, 1.165) is 6.07 Å². The summed E-state index contributed by atoms with van der Waals surface area (Å²) in [6, 6.07) is 2.62. The summed E-state index contributed by atoms with van der Waals surface area (Å²) in [7, 11) is 1.44. The van der Waals surface area contributed by atoms with Crippen molar-refractivity contribution in [1.82, 2.24) is 10.2 Å². The summed E-state index contributed by atoms with van der Waals surface area (Å²) >= 11 is 0. The number of alkyl halides is 9. The highest BCUT2D eigenvalue weighted by atomic mass is 19.4. The minimum absolute atomic E-state index is 0.00758. The summed E-state index contributed by atoms with van der Waals surface area (Å²) in [6.07, 6.45) is -22.8. The average Bonchev–Trinajstić information content (AvgIpc) is 2.60. The number of halogens is 9. The van der Waals surface area contributed by atoms with Crippen molar-refractivity contribution in [3.8, 4) is 0 Å². The Hall–Kier alpha value is -2.71. The Kier molecular flexibility index (Phi) is 8.77. The van der Waals surface area contributed by atoms with E-state index in [1.54, 1.807) is 5.32 Å². The lowest BCUT2D eigenvalue weighted by molar-refractivity contribution is -0.307. The fourth-order valence-electron chi connectivity index (χ4n) is 2.51. The van der Waals surface area contributed by atoms with Gasteiger partial charge in [-0.15, -0.1) is 0 Å². The molecule has 0 spiro atoms. The van der Waals surface area contributed by atoms with Crippen LogP contribution in [0.5, 0.6) is 0 Å². The largest absolute Gasteiger partial charge is 0.478 e. The van der Waals surface area contributed by atoms with Crippen LogP contribution in [0.1, 0.15) is 27.9 Å². The molecule has 0 fully saturated rings. The number of nitrogens with zero attached hydrogens (tertiary/aromatic N) is 1. The van der Waals surface area contributed by atoms with Crippen molar-refractivity contribution in [3.63, 3.8) is 0 Å². The molecule has 0 saturated carbocycles. The van der Waals surface area contributed by atoms with Gasteiger partial charge in [0.1, 0.15) is 0 Å². The molecule has 1 aromatic rings. The average molecular weight is 484 g/mol. The number of nitrogens with one attached hydrogen (secondary N) is 1. The number of aromatic carboxylic acids is 1. The van der Waals surface area contributed by atoms with Crippen LogP contribution in [0, 0.1) is 0 Å². The van der Waals surface area contributed by atoms with Crippen LogP contribution < -0.4 is 5.32 Å². The van der Waals surface area contributed by atoms with Gasteiger partial charge in [0, 0.05) is 13.1 Å². The van der Waals surface area contributed by atoms with E-state index in [9.17, 15) is 49.1 Å². The second-order valence-corrected chi connectivity index (χ2v) is 6.57. The van der Waals surface area contributed by atoms with E-state index in [0.29, 0.717) is 6.07 Å². The molecule has 1 rings (SSSR count). The first kappa shape index (κ1) is 27.3. The van der Waals surface area contributed by atoms with Crippen LogP contribution in [0.25, 0.3) is 0 Å². The number of benzene rings is 1. The first-order valence-electron chi connectivity index (χ1n) is 8.62. The fourth-order valence-corrected chi connectivity index (χ4v) is 2.51. The van der Waals surface area contributed by atoms with Gasteiger partial charge in [-0.2, -0.15) is 39.5 Å². The Balaban J connectivity index is 2.58. The number of ether oxygens (including phenoxy) is 1. The van der Waals surface area contributed by atoms with Crippen molar-refractivity contribution in [2.75, 3.05) is 20.1 Å². The minimum Gasteiger partial charge on any atom is -0.478 e. The lowest BCUT2D eigenvalue weighted by atomic mass is 10.0. The standard InChI is InChI=1S/C17H17F9N2O4/c1-28(8-9-3-4-10(12(29)30)11(7-9)15(18,19)20)6-2-5-27-14(31)32-13(16(21,22)23)17(24,25)26/h3-4,7,13H,2,5-6,8H2,1H3,(H,27,31)(H,29,30). The van der Waals surface area contributed by atoms with Gasteiger partial charge in [-0.1, -0.05) is 6.07 Å². The molecule has 0 atom stereocenters. The predicted octanol–water partition coefficient (Wildman–Crippen LogP) is 4.44. The molecular weight excluding hydrogens is 467 g/mol. The molecule has 15 heteroatoms. The van der Waals surface area contributed by atoms with E-state index in [4.69, 9.17) is 5.11 Å². The Morgan fingerprint density at radius 2 is 1.62 bits per heavy atom. The number of hydrogen-bond acceptors (Lipinski definition) is 4. The predicted molar refractivity (Wildman–Crippen MR) is 89.7 cm³/mol. The minimum atomic E-state index is -5.85. The molecule has 6 nitrogen and oxygen atoms in total. The van der Waals surface area contributed by atoms with E-state index in [2.05, 4.69) is 4.74 Å². The molecule has 0 aliphatic carbocycles. The number of rotatable bonds is 8. The summed E-state index contributed by atoms with van der Waals surface area (Å²) in [5.74, 6) is -1.76. The maximum absolute atomic E-state index is 13.0. The molecule has 0 bridgehead atoms. The Morgan fingerprint density at radius 1 is 1.06 bits per heavy atom. The van der Waals surface area contributed by atoms with E-state index in [-0.39, 0.29) is 31.6 Å². The Morgan fingerprint density at radius 3 is 2.09 bits per heavy atom. The van der Waals surface area contributed by atoms with Crippen LogP contribution in [-0.4, -0.2) is 60.7 Å². The molecule has 2 N–H and O–H groups in total. The highest BCUT2D eigenvalue weighted by Gasteiger charge is 2.60. The van der Waals surface area contributed by atoms with Crippen molar-refractivity contribution in [2.45, 2.75) is 37.6 Å². The summed E-state index contributed by atoms with van der Waals surface area (Å²) in [6.45, 7) is -0.390. The Labute approximate surface area is 174 Å². The maximum atomic E-state index is 13.0. The van der Waals surface area contributed by atoms with Crippen LogP contribution in [0.3, 0.4) is 0 Å². The van der Waals surface area contributed by atoms with Gasteiger partial charge in [0.05, 0.1) is 11.1 Å². The molecule has 32 heavy (non-hydrogen) atoms. The Bertz CT molecular complexity index is 793. The first-order chi connectivity index (χ1) is 14.4.